The second-order valence-corrected chi connectivity index (χ2v) is 8.59. The number of aromatic nitrogens is 1. The summed E-state index contributed by atoms with van der Waals surface area (Å²) in [4.78, 5) is 12.5. The van der Waals surface area contributed by atoms with Crippen molar-refractivity contribution in [2.45, 2.75) is 12.8 Å². The molecule has 0 atom stereocenters. The summed E-state index contributed by atoms with van der Waals surface area (Å²) >= 11 is 0. The Morgan fingerprint density at radius 2 is 1.93 bits per heavy atom. The Kier molecular flexibility index (Phi) is 4.64. The minimum absolute atomic E-state index is 0.150. The van der Waals surface area contributed by atoms with Crippen molar-refractivity contribution in [1.29, 1.82) is 0 Å². The Morgan fingerprint density at radius 3 is 2.68 bits per heavy atom. The monoisotopic (exact) mass is 397 g/mol. The van der Waals surface area contributed by atoms with Gasteiger partial charge in [0.2, 0.25) is 10.0 Å². The molecule has 1 aliphatic heterocycles. The third-order valence-electron chi connectivity index (χ3n) is 4.62. The molecule has 0 fully saturated rings. The van der Waals surface area contributed by atoms with Gasteiger partial charge >= 0.3 is 0 Å². The highest BCUT2D eigenvalue weighted by Gasteiger charge is 2.24. The second-order valence-electron chi connectivity index (χ2n) is 6.68. The second kappa shape index (κ2) is 7.12. The summed E-state index contributed by atoms with van der Waals surface area (Å²) in [5, 5.41) is 6.60. The molecule has 28 heavy (non-hydrogen) atoms. The summed E-state index contributed by atoms with van der Waals surface area (Å²) in [5.74, 6) is 0.0760. The molecule has 7 nitrogen and oxygen atoms in total. The molecule has 1 amide bonds. The number of nitrogens with one attached hydrogen (secondary N) is 1. The van der Waals surface area contributed by atoms with Crippen molar-refractivity contribution in [3.63, 3.8) is 0 Å². The van der Waals surface area contributed by atoms with E-state index in [2.05, 4.69) is 10.5 Å². The van der Waals surface area contributed by atoms with E-state index in [1.54, 1.807) is 18.2 Å². The molecule has 3 aromatic rings. The van der Waals surface area contributed by atoms with Gasteiger partial charge in [0.15, 0.2) is 11.5 Å². The maximum absolute atomic E-state index is 12.5. The number of amides is 1. The predicted octanol–water partition coefficient (Wildman–Crippen LogP) is 3.31. The molecule has 0 unspecified atom stereocenters. The lowest BCUT2D eigenvalue weighted by atomic mass is 10.0. The van der Waals surface area contributed by atoms with Crippen LogP contribution in [-0.2, 0) is 16.4 Å². The topological polar surface area (TPSA) is 92.5 Å². The van der Waals surface area contributed by atoms with Crippen LogP contribution in [0.5, 0.6) is 0 Å². The molecule has 2 heterocycles. The van der Waals surface area contributed by atoms with Crippen LogP contribution in [-0.4, -0.2) is 32.3 Å². The molecule has 4 rings (SSSR count). The molecule has 0 spiro atoms. The fraction of sp³-hybridized carbons (Fsp3) is 0.200. The van der Waals surface area contributed by atoms with Crippen molar-refractivity contribution in [2.75, 3.05) is 22.4 Å². The Bertz CT molecular complexity index is 1120. The molecule has 1 N–H and O–H groups in total. The van der Waals surface area contributed by atoms with Gasteiger partial charge in [-0.25, -0.2) is 8.42 Å². The van der Waals surface area contributed by atoms with Crippen LogP contribution in [0.15, 0.2) is 59.1 Å². The molecule has 144 valence electrons. The zero-order valence-electron chi connectivity index (χ0n) is 15.3. The zero-order chi connectivity index (χ0) is 19.7. The average Bonchev–Trinajstić information content (AvgIpc) is 3.18. The van der Waals surface area contributed by atoms with Crippen LogP contribution in [0.4, 0.5) is 11.4 Å². The lowest BCUT2D eigenvalue weighted by Gasteiger charge is -2.29. The highest BCUT2D eigenvalue weighted by molar-refractivity contribution is 7.92. The van der Waals surface area contributed by atoms with Crippen LogP contribution in [0, 0.1) is 0 Å². The van der Waals surface area contributed by atoms with Gasteiger partial charge in [0.25, 0.3) is 5.91 Å². The van der Waals surface area contributed by atoms with Gasteiger partial charge in [0.05, 0.1) is 11.9 Å². The van der Waals surface area contributed by atoms with E-state index >= 15 is 0 Å². The van der Waals surface area contributed by atoms with Crippen molar-refractivity contribution in [2.24, 2.45) is 0 Å². The number of carbonyl (C=O) groups is 1. The van der Waals surface area contributed by atoms with Crippen LogP contribution >= 0.6 is 0 Å². The minimum atomic E-state index is -3.37. The number of fused-ring (bicyclic) bond motifs is 1. The van der Waals surface area contributed by atoms with Crippen LogP contribution in [0.2, 0.25) is 0 Å². The lowest BCUT2D eigenvalue weighted by Crippen LogP contribution is -2.34. The normalized spacial score (nSPS) is 13.8. The molecule has 1 aliphatic rings. The molecule has 2 aromatic carbocycles. The van der Waals surface area contributed by atoms with E-state index in [0.29, 0.717) is 23.7 Å². The van der Waals surface area contributed by atoms with Gasteiger partial charge in [0.1, 0.15) is 0 Å². The average molecular weight is 397 g/mol. The summed E-state index contributed by atoms with van der Waals surface area (Å²) in [7, 11) is -3.37. The SMILES string of the molecule is CS(=O)(=O)N1CCCc2ccc(NC(=O)c3cc(-c4ccccc4)on3)cc21. The largest absolute Gasteiger partial charge is 0.355 e. The van der Waals surface area contributed by atoms with Gasteiger partial charge in [-0.3, -0.25) is 9.10 Å². The van der Waals surface area contributed by atoms with Gasteiger partial charge in [0, 0.05) is 23.9 Å². The third-order valence-corrected chi connectivity index (χ3v) is 5.80. The fourth-order valence-electron chi connectivity index (χ4n) is 3.28. The summed E-state index contributed by atoms with van der Waals surface area (Å²) in [6.07, 6.45) is 2.76. The van der Waals surface area contributed by atoms with E-state index in [1.807, 2.05) is 36.4 Å². The molecular weight excluding hydrogens is 378 g/mol. The van der Waals surface area contributed by atoms with E-state index in [-0.39, 0.29) is 5.69 Å². The van der Waals surface area contributed by atoms with Crippen molar-refractivity contribution in [3.8, 4) is 11.3 Å². The van der Waals surface area contributed by atoms with E-state index in [0.717, 1.165) is 24.0 Å². The first-order valence-corrected chi connectivity index (χ1v) is 10.7. The van der Waals surface area contributed by atoms with Crippen molar-refractivity contribution >= 4 is 27.3 Å². The van der Waals surface area contributed by atoms with Gasteiger partial charge < -0.3 is 9.84 Å². The number of hydrogen-bond donors (Lipinski definition) is 1. The molecule has 0 radical (unpaired) electrons. The Balaban J connectivity index is 1.57. The molecule has 8 heteroatoms. The standard InChI is InChI=1S/C20H19N3O4S/c1-28(25,26)23-11-5-8-14-9-10-16(12-18(14)23)21-20(24)17-13-19(27-22-17)15-6-3-2-4-7-15/h2-4,6-7,9-10,12-13H,5,8,11H2,1H3,(H,21,24). The van der Waals surface area contributed by atoms with Crippen molar-refractivity contribution in [1.82, 2.24) is 5.16 Å². The van der Waals surface area contributed by atoms with Crippen molar-refractivity contribution < 1.29 is 17.7 Å². The van der Waals surface area contributed by atoms with Gasteiger partial charge in [-0.05, 0) is 30.5 Å². The summed E-state index contributed by atoms with van der Waals surface area (Å²) in [6.45, 7) is 0.437. The van der Waals surface area contributed by atoms with E-state index in [1.165, 1.54) is 10.6 Å². The maximum atomic E-state index is 12.5. The number of sulfonamides is 1. The van der Waals surface area contributed by atoms with E-state index in [4.69, 9.17) is 4.52 Å². The van der Waals surface area contributed by atoms with Crippen molar-refractivity contribution in [3.05, 3.63) is 65.9 Å². The molecular formula is C20H19N3O4S. The zero-order valence-corrected chi connectivity index (χ0v) is 16.1. The smallest absolute Gasteiger partial charge is 0.277 e. The number of carbonyl (C=O) groups excluding carboxylic acids is 1. The van der Waals surface area contributed by atoms with Crippen LogP contribution < -0.4 is 9.62 Å². The number of anilines is 2. The fourth-order valence-corrected chi connectivity index (χ4v) is 4.27. The van der Waals surface area contributed by atoms with Crippen LogP contribution in [0.3, 0.4) is 0 Å². The van der Waals surface area contributed by atoms with E-state index < -0.39 is 15.9 Å². The number of nitrogens with zero attached hydrogens (tertiary/aromatic N) is 2. The number of benzene rings is 2. The molecule has 0 bridgehead atoms. The first kappa shape index (κ1) is 18.2. The highest BCUT2D eigenvalue weighted by atomic mass is 32.2. The lowest BCUT2D eigenvalue weighted by molar-refractivity contribution is 0.101. The quantitative estimate of drug-likeness (QED) is 0.729. The van der Waals surface area contributed by atoms with Crippen LogP contribution in [0.1, 0.15) is 22.5 Å². The molecule has 1 aromatic heterocycles. The number of aryl methyl sites for hydroxylation is 1. The number of hydrogen-bond acceptors (Lipinski definition) is 5. The first-order chi connectivity index (χ1) is 13.4. The first-order valence-electron chi connectivity index (χ1n) is 8.86. The maximum Gasteiger partial charge on any atom is 0.277 e. The minimum Gasteiger partial charge on any atom is -0.355 e. The predicted molar refractivity (Wildman–Crippen MR) is 107 cm³/mol. The molecule has 0 saturated carbocycles. The summed E-state index contributed by atoms with van der Waals surface area (Å²) in [5.41, 5.74) is 3.03. The summed E-state index contributed by atoms with van der Waals surface area (Å²) in [6, 6.07) is 16.2. The Morgan fingerprint density at radius 1 is 1.14 bits per heavy atom. The Labute approximate surface area is 163 Å². The summed E-state index contributed by atoms with van der Waals surface area (Å²) < 4.78 is 30.8. The highest BCUT2D eigenvalue weighted by Crippen LogP contribution is 2.32. The third kappa shape index (κ3) is 3.63. The molecule has 0 saturated heterocycles. The van der Waals surface area contributed by atoms with E-state index in [9.17, 15) is 13.2 Å². The Hall–Kier alpha value is -3.13. The van der Waals surface area contributed by atoms with Gasteiger partial charge in [-0.2, -0.15) is 0 Å². The van der Waals surface area contributed by atoms with Gasteiger partial charge in [-0.1, -0.05) is 41.6 Å². The van der Waals surface area contributed by atoms with Crippen LogP contribution in [0.25, 0.3) is 11.3 Å². The van der Waals surface area contributed by atoms with Gasteiger partial charge in [-0.15, -0.1) is 0 Å². The number of rotatable bonds is 4. The molecule has 0 aliphatic carbocycles.